The lowest BCUT2D eigenvalue weighted by Crippen LogP contribution is -2.45. The number of amides is 1. The van der Waals surface area contributed by atoms with Crippen LogP contribution in [-0.4, -0.2) is 59.3 Å². The van der Waals surface area contributed by atoms with Crippen LogP contribution in [-0.2, 0) is 0 Å². The summed E-state index contributed by atoms with van der Waals surface area (Å²) in [6, 6.07) is 14.6. The normalized spacial score (nSPS) is 15.8. The molecule has 9 heteroatoms. The van der Waals surface area contributed by atoms with Crippen molar-refractivity contribution in [3.8, 4) is 17.1 Å². The van der Waals surface area contributed by atoms with Crippen LogP contribution in [0.4, 0.5) is 0 Å². The van der Waals surface area contributed by atoms with Crippen LogP contribution in [0.15, 0.2) is 59.3 Å². The van der Waals surface area contributed by atoms with Gasteiger partial charge in [0.05, 0.1) is 16.1 Å². The Morgan fingerprint density at radius 2 is 1.94 bits per heavy atom. The molecule has 4 rings (SSSR count). The molecule has 2 aromatic carbocycles. The lowest BCUT2D eigenvalue weighted by Gasteiger charge is -2.33. The highest BCUT2D eigenvalue weighted by molar-refractivity contribution is 6.42. The number of β-amino-alcohol motifs (C(OH)–C–C–N with tert-alkyl or cyclic N) is 1. The zero-order valence-electron chi connectivity index (χ0n) is 17.9. The molecule has 1 fully saturated rings. The molecule has 7 nitrogen and oxygen atoms in total. The van der Waals surface area contributed by atoms with Gasteiger partial charge in [-0.3, -0.25) is 4.79 Å². The molecule has 0 aliphatic carbocycles. The van der Waals surface area contributed by atoms with Crippen molar-refractivity contribution in [3.05, 3.63) is 70.7 Å². The third-order valence-corrected chi connectivity index (χ3v) is 6.25. The molecule has 1 amide bonds. The molecule has 1 unspecified atom stereocenters. The van der Waals surface area contributed by atoms with E-state index in [9.17, 15) is 9.90 Å². The quantitative estimate of drug-likeness (QED) is 0.490. The number of oxazole rings is 1. The number of aromatic nitrogens is 1. The Hall–Kier alpha value is -2.58. The fraction of sp³-hybridized carbons (Fsp3) is 0.333. The van der Waals surface area contributed by atoms with Crippen molar-refractivity contribution in [1.82, 2.24) is 15.2 Å². The van der Waals surface area contributed by atoms with Crippen molar-refractivity contribution in [2.45, 2.75) is 25.0 Å². The third-order valence-electron chi connectivity index (χ3n) is 5.51. The van der Waals surface area contributed by atoms with Crippen LogP contribution in [0.1, 0.15) is 23.3 Å². The molecule has 2 heterocycles. The first-order valence-electron chi connectivity index (χ1n) is 10.8. The summed E-state index contributed by atoms with van der Waals surface area (Å²) in [5.74, 6) is 0.732. The van der Waals surface area contributed by atoms with Gasteiger partial charge in [-0.05, 0) is 25.0 Å². The zero-order chi connectivity index (χ0) is 23.2. The number of hydrogen-bond donors (Lipinski definition) is 2. The highest BCUT2D eigenvalue weighted by atomic mass is 35.5. The third kappa shape index (κ3) is 6.26. The van der Waals surface area contributed by atoms with Crippen molar-refractivity contribution in [2.24, 2.45) is 0 Å². The number of likely N-dealkylation sites (tertiary alicyclic amines) is 1. The molecule has 1 aromatic heterocycles. The van der Waals surface area contributed by atoms with Crippen molar-refractivity contribution in [2.75, 3.05) is 26.2 Å². The first-order valence-corrected chi connectivity index (χ1v) is 11.5. The maximum absolute atomic E-state index is 12.6. The number of aliphatic hydroxyl groups excluding tert-OH is 1. The topological polar surface area (TPSA) is 87.8 Å². The van der Waals surface area contributed by atoms with E-state index in [2.05, 4.69) is 15.2 Å². The van der Waals surface area contributed by atoms with Gasteiger partial charge in [-0.25, -0.2) is 4.98 Å². The number of carbonyl (C=O) groups excluding carboxylic acids is 1. The molecule has 1 aliphatic rings. The molecule has 2 N–H and O–H groups in total. The molecule has 174 valence electrons. The molecule has 0 bridgehead atoms. The van der Waals surface area contributed by atoms with E-state index in [0.717, 1.165) is 31.5 Å². The SMILES string of the molecule is O=C(NCC(O)CN1CCC(Oc2ccc(Cl)c(Cl)c2)CC1)c1ncoc1-c1ccccc1. The number of aliphatic hydroxyl groups is 1. The molecule has 0 radical (unpaired) electrons. The number of piperidine rings is 1. The van der Waals surface area contributed by atoms with E-state index >= 15 is 0 Å². The van der Waals surface area contributed by atoms with Crippen LogP contribution >= 0.6 is 23.2 Å². The molecular weight excluding hydrogens is 465 g/mol. The number of rotatable bonds is 8. The zero-order valence-corrected chi connectivity index (χ0v) is 19.4. The monoisotopic (exact) mass is 489 g/mol. The van der Waals surface area contributed by atoms with Gasteiger partial charge in [-0.2, -0.15) is 0 Å². The summed E-state index contributed by atoms with van der Waals surface area (Å²) in [7, 11) is 0. The number of nitrogens with zero attached hydrogens (tertiary/aromatic N) is 2. The number of ether oxygens (including phenoxy) is 1. The average Bonchev–Trinajstić information content (AvgIpc) is 3.32. The highest BCUT2D eigenvalue weighted by Gasteiger charge is 2.23. The van der Waals surface area contributed by atoms with E-state index in [-0.39, 0.29) is 24.2 Å². The van der Waals surface area contributed by atoms with Gasteiger partial charge in [0.25, 0.3) is 5.91 Å². The van der Waals surface area contributed by atoms with Gasteiger partial charge in [0.2, 0.25) is 0 Å². The second-order valence-corrected chi connectivity index (χ2v) is 8.77. The first kappa shape index (κ1) is 23.6. The van der Waals surface area contributed by atoms with Gasteiger partial charge in [-0.1, -0.05) is 53.5 Å². The van der Waals surface area contributed by atoms with E-state index < -0.39 is 6.10 Å². The van der Waals surface area contributed by atoms with Crippen LogP contribution < -0.4 is 10.1 Å². The van der Waals surface area contributed by atoms with Gasteiger partial charge in [0.15, 0.2) is 17.8 Å². The Morgan fingerprint density at radius 3 is 2.67 bits per heavy atom. The number of hydrogen-bond acceptors (Lipinski definition) is 6. The Morgan fingerprint density at radius 1 is 1.18 bits per heavy atom. The minimum atomic E-state index is -0.700. The van der Waals surface area contributed by atoms with Gasteiger partial charge < -0.3 is 24.5 Å². The Bertz CT molecular complexity index is 1070. The molecule has 0 saturated carbocycles. The standard InChI is InChI=1S/C24H25Cl2N3O4/c25-20-7-6-19(12-21(20)26)33-18-8-10-29(11-9-18)14-17(30)13-27-24(31)22-23(32-15-28-22)16-4-2-1-3-5-16/h1-7,12,15,17-18,30H,8-11,13-14H2,(H,27,31). The first-order chi connectivity index (χ1) is 16.0. The summed E-state index contributed by atoms with van der Waals surface area (Å²) >= 11 is 12.0. The lowest BCUT2D eigenvalue weighted by molar-refractivity contribution is 0.0593. The van der Waals surface area contributed by atoms with E-state index in [0.29, 0.717) is 28.1 Å². The van der Waals surface area contributed by atoms with Gasteiger partial charge in [0, 0.05) is 37.8 Å². The summed E-state index contributed by atoms with van der Waals surface area (Å²) in [6.07, 6.45) is 2.29. The van der Waals surface area contributed by atoms with Crippen molar-refractivity contribution in [1.29, 1.82) is 0 Å². The van der Waals surface area contributed by atoms with E-state index in [4.69, 9.17) is 32.4 Å². The highest BCUT2D eigenvalue weighted by Crippen LogP contribution is 2.28. The summed E-state index contributed by atoms with van der Waals surface area (Å²) < 4.78 is 11.4. The predicted molar refractivity (Wildman–Crippen MR) is 127 cm³/mol. The Kier molecular flexibility index (Phi) is 7.88. The van der Waals surface area contributed by atoms with Gasteiger partial charge in [0.1, 0.15) is 11.9 Å². The second kappa shape index (κ2) is 11.0. The molecule has 1 atom stereocenters. The summed E-state index contributed by atoms with van der Waals surface area (Å²) in [5.41, 5.74) is 0.973. The summed E-state index contributed by atoms with van der Waals surface area (Å²) in [4.78, 5) is 18.8. The summed E-state index contributed by atoms with van der Waals surface area (Å²) in [6.45, 7) is 2.17. The Balaban J connectivity index is 1.21. The minimum absolute atomic E-state index is 0.0823. The number of halogens is 2. The number of benzene rings is 2. The largest absolute Gasteiger partial charge is 0.490 e. The van der Waals surface area contributed by atoms with E-state index in [1.807, 2.05) is 36.4 Å². The molecule has 1 saturated heterocycles. The van der Waals surface area contributed by atoms with Crippen molar-refractivity contribution in [3.63, 3.8) is 0 Å². The molecule has 0 spiro atoms. The van der Waals surface area contributed by atoms with Crippen molar-refractivity contribution >= 4 is 29.1 Å². The Labute approximate surface area is 202 Å². The van der Waals surface area contributed by atoms with Crippen LogP contribution in [0.25, 0.3) is 11.3 Å². The van der Waals surface area contributed by atoms with Gasteiger partial charge >= 0.3 is 0 Å². The molecule has 1 aliphatic heterocycles. The molecule has 33 heavy (non-hydrogen) atoms. The van der Waals surface area contributed by atoms with Crippen LogP contribution in [0, 0.1) is 0 Å². The van der Waals surface area contributed by atoms with E-state index in [1.54, 1.807) is 12.1 Å². The maximum Gasteiger partial charge on any atom is 0.274 e. The summed E-state index contributed by atoms with van der Waals surface area (Å²) in [5, 5.41) is 14.2. The second-order valence-electron chi connectivity index (χ2n) is 7.95. The predicted octanol–water partition coefficient (Wildman–Crippen LogP) is 4.28. The fourth-order valence-electron chi connectivity index (χ4n) is 3.81. The lowest BCUT2D eigenvalue weighted by atomic mass is 10.1. The van der Waals surface area contributed by atoms with Crippen LogP contribution in [0.5, 0.6) is 5.75 Å². The van der Waals surface area contributed by atoms with Crippen LogP contribution in [0.3, 0.4) is 0 Å². The molecular formula is C24H25Cl2N3O4. The van der Waals surface area contributed by atoms with Crippen LogP contribution in [0.2, 0.25) is 10.0 Å². The average molecular weight is 490 g/mol. The van der Waals surface area contributed by atoms with Gasteiger partial charge in [-0.15, -0.1) is 0 Å². The maximum atomic E-state index is 12.6. The number of nitrogens with one attached hydrogen (secondary N) is 1. The smallest absolute Gasteiger partial charge is 0.274 e. The molecule has 3 aromatic rings. The van der Waals surface area contributed by atoms with E-state index in [1.165, 1.54) is 6.39 Å². The van der Waals surface area contributed by atoms with Crippen molar-refractivity contribution < 1.29 is 19.1 Å². The number of carbonyl (C=O) groups is 1. The minimum Gasteiger partial charge on any atom is -0.490 e. The fourth-order valence-corrected chi connectivity index (χ4v) is 4.10.